The summed E-state index contributed by atoms with van der Waals surface area (Å²) in [5, 5.41) is 20.5. The van der Waals surface area contributed by atoms with Crippen molar-refractivity contribution in [2.45, 2.75) is 19.4 Å². The topological polar surface area (TPSA) is 76.4 Å². The van der Waals surface area contributed by atoms with Gasteiger partial charge in [-0.15, -0.1) is 0 Å². The van der Waals surface area contributed by atoms with E-state index in [9.17, 15) is 4.79 Å². The molecular weight excluding hydrogens is 362 g/mol. The van der Waals surface area contributed by atoms with E-state index in [0.717, 1.165) is 42.8 Å². The third kappa shape index (κ3) is 3.85. The van der Waals surface area contributed by atoms with Crippen LogP contribution in [-0.4, -0.2) is 28.7 Å². The number of allylic oxidation sites excluding steroid dienone is 3. The Bertz CT molecular complexity index is 1020. The Morgan fingerprint density at radius 3 is 2.52 bits per heavy atom. The van der Waals surface area contributed by atoms with Crippen LogP contribution in [0, 0.1) is 5.41 Å². The van der Waals surface area contributed by atoms with Crippen molar-refractivity contribution >= 4 is 17.8 Å². The van der Waals surface area contributed by atoms with Crippen LogP contribution >= 0.6 is 0 Å². The molecule has 0 atom stereocenters. The zero-order valence-corrected chi connectivity index (χ0v) is 16.1. The van der Waals surface area contributed by atoms with Crippen molar-refractivity contribution in [3.05, 3.63) is 101 Å². The van der Waals surface area contributed by atoms with Crippen molar-refractivity contribution < 1.29 is 9.90 Å². The number of nitrogens with zero attached hydrogens (tertiary/aromatic N) is 1. The van der Waals surface area contributed by atoms with Gasteiger partial charge >= 0.3 is 5.97 Å². The number of carboxylic acids is 1. The summed E-state index contributed by atoms with van der Waals surface area (Å²) >= 11 is 0. The average molecular weight is 385 g/mol. The highest BCUT2D eigenvalue weighted by Gasteiger charge is 2.25. The number of hydrogen-bond donors (Lipinski definition) is 3. The molecule has 0 aliphatic carbocycles. The van der Waals surface area contributed by atoms with Crippen LogP contribution < -0.4 is 5.32 Å². The number of aromatic carboxylic acids is 1. The molecular formula is C24H23N3O2. The summed E-state index contributed by atoms with van der Waals surface area (Å²) in [4.78, 5) is 13.5. The summed E-state index contributed by atoms with van der Waals surface area (Å²) in [5.74, 6) is -0.951. The van der Waals surface area contributed by atoms with E-state index in [1.165, 1.54) is 23.0 Å². The van der Waals surface area contributed by atoms with Crippen LogP contribution in [0.3, 0.4) is 0 Å². The molecule has 0 saturated carbocycles. The highest BCUT2D eigenvalue weighted by molar-refractivity contribution is 6.10. The summed E-state index contributed by atoms with van der Waals surface area (Å²) in [6.45, 7) is 1.85. The second-order valence-electron chi connectivity index (χ2n) is 7.17. The number of dihydropyridines is 1. The molecule has 2 heterocycles. The Morgan fingerprint density at radius 2 is 1.83 bits per heavy atom. The van der Waals surface area contributed by atoms with E-state index in [1.807, 2.05) is 12.3 Å². The second-order valence-corrected chi connectivity index (χ2v) is 7.17. The first-order valence-corrected chi connectivity index (χ1v) is 9.71. The minimum atomic E-state index is -0.951. The van der Waals surface area contributed by atoms with Crippen molar-refractivity contribution in [2.24, 2.45) is 0 Å². The van der Waals surface area contributed by atoms with E-state index >= 15 is 0 Å². The maximum Gasteiger partial charge on any atom is 0.335 e. The highest BCUT2D eigenvalue weighted by Crippen LogP contribution is 2.34. The smallest absolute Gasteiger partial charge is 0.335 e. The highest BCUT2D eigenvalue weighted by atomic mass is 16.4. The number of nitrogens with one attached hydrogen (secondary N) is 2. The molecule has 0 amide bonds. The number of hydrogen-bond acceptors (Lipinski definition) is 4. The molecule has 2 aromatic rings. The summed E-state index contributed by atoms with van der Waals surface area (Å²) in [6, 6.07) is 17.1. The Morgan fingerprint density at radius 1 is 1.10 bits per heavy atom. The lowest BCUT2D eigenvalue weighted by Gasteiger charge is -2.36. The lowest BCUT2D eigenvalue weighted by molar-refractivity contribution is 0.0697. The van der Waals surface area contributed by atoms with Gasteiger partial charge in [0.15, 0.2) is 0 Å². The fraction of sp³-hybridized carbons (Fsp3) is 0.167. The third-order valence-corrected chi connectivity index (χ3v) is 5.35. The van der Waals surface area contributed by atoms with Crippen LogP contribution in [0.4, 0.5) is 0 Å². The minimum Gasteiger partial charge on any atom is -0.478 e. The Hall–Kier alpha value is -3.60. The van der Waals surface area contributed by atoms with Crippen molar-refractivity contribution in [1.29, 1.82) is 5.41 Å². The van der Waals surface area contributed by atoms with Gasteiger partial charge in [0.05, 0.1) is 11.3 Å². The summed E-state index contributed by atoms with van der Waals surface area (Å²) < 4.78 is 0. The van der Waals surface area contributed by atoms with Crippen molar-refractivity contribution in [3.8, 4) is 0 Å². The SMILES string of the molecule is N=C/C(=C1\NC=CC2=C1CCCN2Cc1ccccc1)c1ccc(C(=O)O)cc1. The van der Waals surface area contributed by atoms with Crippen molar-refractivity contribution in [3.63, 3.8) is 0 Å². The molecule has 0 radical (unpaired) electrons. The average Bonchev–Trinajstić information content (AvgIpc) is 2.76. The van der Waals surface area contributed by atoms with E-state index in [1.54, 1.807) is 24.3 Å². The lowest BCUT2D eigenvalue weighted by Crippen LogP contribution is -2.32. The van der Waals surface area contributed by atoms with Gasteiger partial charge < -0.3 is 20.7 Å². The molecule has 3 N–H and O–H groups in total. The van der Waals surface area contributed by atoms with Crippen LogP contribution in [0.15, 0.2) is 83.8 Å². The van der Waals surface area contributed by atoms with Crippen LogP contribution in [0.1, 0.15) is 34.3 Å². The van der Waals surface area contributed by atoms with Gasteiger partial charge in [-0.05, 0) is 47.8 Å². The van der Waals surface area contributed by atoms with Crippen LogP contribution in [0.5, 0.6) is 0 Å². The minimum absolute atomic E-state index is 0.242. The molecule has 5 nitrogen and oxygen atoms in total. The number of rotatable bonds is 5. The zero-order chi connectivity index (χ0) is 20.2. The molecule has 0 fully saturated rings. The van der Waals surface area contributed by atoms with Gasteiger partial charge in [0.25, 0.3) is 0 Å². The fourth-order valence-electron chi connectivity index (χ4n) is 3.94. The van der Waals surface area contributed by atoms with Gasteiger partial charge in [-0.3, -0.25) is 0 Å². The van der Waals surface area contributed by atoms with Crippen LogP contribution in [0.25, 0.3) is 5.57 Å². The van der Waals surface area contributed by atoms with Crippen molar-refractivity contribution in [1.82, 2.24) is 10.2 Å². The van der Waals surface area contributed by atoms with Gasteiger partial charge in [-0.2, -0.15) is 0 Å². The molecule has 0 saturated heterocycles. The molecule has 0 unspecified atom stereocenters. The predicted octanol–water partition coefficient (Wildman–Crippen LogP) is 4.41. The normalized spacial score (nSPS) is 17.4. The van der Waals surface area contributed by atoms with Gasteiger partial charge in [-0.25, -0.2) is 4.79 Å². The summed E-state index contributed by atoms with van der Waals surface area (Å²) in [7, 11) is 0. The molecule has 0 spiro atoms. The van der Waals surface area contributed by atoms with Gasteiger partial charge in [0, 0.05) is 36.8 Å². The standard InChI is InChI=1S/C24H23N3O2/c25-15-21(18-8-10-19(11-9-18)24(28)29)23-20-7-4-14-27(22(20)12-13-26-23)16-17-5-2-1-3-6-17/h1-3,5-6,8-13,15,25-26H,4,7,14,16H2,(H,28,29)/b23-21+,25-15?. The predicted molar refractivity (Wildman–Crippen MR) is 114 cm³/mol. The maximum atomic E-state index is 11.1. The van der Waals surface area contributed by atoms with E-state index in [2.05, 4.69) is 40.6 Å². The first-order valence-electron chi connectivity index (χ1n) is 9.71. The van der Waals surface area contributed by atoms with Gasteiger partial charge in [0.1, 0.15) is 0 Å². The fourth-order valence-corrected chi connectivity index (χ4v) is 3.94. The molecule has 0 bridgehead atoms. The first-order chi connectivity index (χ1) is 14.2. The van der Waals surface area contributed by atoms with E-state index in [0.29, 0.717) is 0 Å². The number of carboxylic acid groups (broad SMARTS) is 1. The molecule has 146 valence electrons. The summed E-state index contributed by atoms with van der Waals surface area (Å²) in [5.41, 5.74) is 6.43. The third-order valence-electron chi connectivity index (χ3n) is 5.35. The molecule has 4 rings (SSSR count). The Labute approximate surface area is 170 Å². The molecule has 5 heteroatoms. The molecule has 0 aromatic heterocycles. The zero-order valence-electron chi connectivity index (χ0n) is 16.1. The van der Waals surface area contributed by atoms with E-state index < -0.39 is 5.97 Å². The Balaban J connectivity index is 1.72. The monoisotopic (exact) mass is 385 g/mol. The van der Waals surface area contributed by atoms with Crippen LogP contribution in [-0.2, 0) is 6.54 Å². The largest absolute Gasteiger partial charge is 0.478 e. The molecule has 2 aromatic carbocycles. The van der Waals surface area contributed by atoms with E-state index in [-0.39, 0.29) is 5.56 Å². The van der Waals surface area contributed by atoms with Crippen LogP contribution in [0.2, 0.25) is 0 Å². The molecule has 29 heavy (non-hydrogen) atoms. The second kappa shape index (κ2) is 8.19. The quantitative estimate of drug-likeness (QED) is 0.666. The maximum absolute atomic E-state index is 11.1. The Kier molecular flexibility index (Phi) is 5.29. The number of benzene rings is 2. The number of carbonyl (C=O) groups is 1. The van der Waals surface area contributed by atoms with E-state index in [4.69, 9.17) is 10.5 Å². The van der Waals surface area contributed by atoms with Crippen molar-refractivity contribution in [2.75, 3.05) is 6.54 Å². The molecule has 2 aliphatic rings. The lowest BCUT2D eigenvalue weighted by atomic mass is 9.91. The molecule has 2 aliphatic heterocycles. The first kappa shape index (κ1) is 18.7. The van der Waals surface area contributed by atoms with Gasteiger partial charge in [-0.1, -0.05) is 42.5 Å². The summed E-state index contributed by atoms with van der Waals surface area (Å²) in [6.07, 6.45) is 7.37. The van der Waals surface area contributed by atoms with Gasteiger partial charge in [0.2, 0.25) is 0 Å².